The highest BCUT2D eigenvalue weighted by molar-refractivity contribution is 9.10. The van der Waals surface area contributed by atoms with E-state index in [1.54, 1.807) is 38.6 Å². The van der Waals surface area contributed by atoms with Crippen molar-refractivity contribution in [3.05, 3.63) is 82.3 Å². The molecule has 0 aliphatic rings. The summed E-state index contributed by atoms with van der Waals surface area (Å²) in [7, 11) is 3.21. The minimum atomic E-state index is 0.131. The van der Waals surface area contributed by atoms with Gasteiger partial charge in [0.2, 0.25) is 5.88 Å². The molecule has 0 atom stereocenters. The highest BCUT2D eigenvalue weighted by Gasteiger charge is 2.23. The van der Waals surface area contributed by atoms with Gasteiger partial charge in [0.15, 0.2) is 0 Å². The van der Waals surface area contributed by atoms with Crippen LogP contribution in [0, 0.1) is 11.3 Å². The van der Waals surface area contributed by atoms with Crippen LogP contribution in [0.2, 0.25) is 0 Å². The van der Waals surface area contributed by atoms with E-state index in [0.717, 1.165) is 16.7 Å². The molecule has 3 aromatic carbocycles. The van der Waals surface area contributed by atoms with Gasteiger partial charge in [0.25, 0.3) is 0 Å². The Kier molecular flexibility index (Phi) is 6.48. The number of nitrogens with zero attached hydrogens (tertiary/aromatic N) is 2. The smallest absolute Gasteiger partial charge is 0.238 e. The molecule has 6 nitrogen and oxygen atoms in total. The molecule has 7 heteroatoms. The average molecular weight is 503 g/mol. The van der Waals surface area contributed by atoms with Gasteiger partial charge in [0, 0.05) is 17.3 Å². The second-order valence-electron chi connectivity index (χ2n) is 7.02. The Labute approximate surface area is 199 Å². The molecule has 1 aromatic heterocycles. The lowest BCUT2D eigenvalue weighted by molar-refractivity contribution is 0.414. The van der Waals surface area contributed by atoms with Crippen molar-refractivity contribution in [2.24, 2.45) is 4.99 Å². The zero-order chi connectivity index (χ0) is 23.4. The predicted molar refractivity (Wildman–Crippen MR) is 130 cm³/mol. The SMILES string of the molecule is COc1ccc(-c2oc(N=Cc3ccc(O)c(Br)c3)c(C#N)c2-c2ccc(OC)cc2)cc1. The van der Waals surface area contributed by atoms with Crippen molar-refractivity contribution in [1.29, 1.82) is 5.26 Å². The van der Waals surface area contributed by atoms with Gasteiger partial charge in [0.1, 0.15) is 34.6 Å². The van der Waals surface area contributed by atoms with Gasteiger partial charge in [-0.2, -0.15) is 5.26 Å². The van der Waals surface area contributed by atoms with Crippen LogP contribution < -0.4 is 9.47 Å². The fraction of sp³-hybridized carbons (Fsp3) is 0.0769. The molecule has 1 N–H and O–H groups in total. The molecule has 33 heavy (non-hydrogen) atoms. The summed E-state index contributed by atoms with van der Waals surface area (Å²) >= 11 is 3.29. The largest absolute Gasteiger partial charge is 0.507 e. The van der Waals surface area contributed by atoms with E-state index in [4.69, 9.17) is 13.9 Å². The number of ether oxygens (including phenoxy) is 2. The third-order valence-electron chi connectivity index (χ3n) is 5.03. The van der Waals surface area contributed by atoms with Gasteiger partial charge in [-0.1, -0.05) is 12.1 Å². The van der Waals surface area contributed by atoms with Gasteiger partial charge in [0.05, 0.1) is 18.7 Å². The van der Waals surface area contributed by atoms with Gasteiger partial charge in [-0.15, -0.1) is 0 Å². The Morgan fingerprint density at radius 3 is 2.09 bits per heavy atom. The maximum absolute atomic E-state index is 10.0. The predicted octanol–water partition coefficient (Wildman–Crippen LogP) is 6.72. The van der Waals surface area contributed by atoms with E-state index >= 15 is 0 Å². The van der Waals surface area contributed by atoms with E-state index in [-0.39, 0.29) is 11.6 Å². The summed E-state index contributed by atoms with van der Waals surface area (Å²) in [5.41, 5.74) is 3.28. The maximum atomic E-state index is 10.0. The van der Waals surface area contributed by atoms with Crippen molar-refractivity contribution in [1.82, 2.24) is 0 Å². The zero-order valence-corrected chi connectivity index (χ0v) is 19.5. The van der Waals surface area contributed by atoms with Gasteiger partial charge < -0.3 is 19.0 Å². The lowest BCUT2D eigenvalue weighted by atomic mass is 9.98. The summed E-state index contributed by atoms with van der Waals surface area (Å²) in [6, 6.07) is 22.1. The van der Waals surface area contributed by atoms with Gasteiger partial charge in [-0.05, 0) is 81.7 Å². The number of methoxy groups -OCH3 is 2. The van der Waals surface area contributed by atoms with Crippen LogP contribution in [-0.2, 0) is 0 Å². The number of phenols is 1. The second-order valence-corrected chi connectivity index (χ2v) is 7.88. The first kappa shape index (κ1) is 22.2. The number of hydrogen-bond acceptors (Lipinski definition) is 6. The first-order valence-corrected chi connectivity index (χ1v) is 10.7. The number of halogens is 1. The molecule has 0 amide bonds. The van der Waals surface area contributed by atoms with Crippen LogP contribution in [0.4, 0.5) is 5.88 Å². The van der Waals surface area contributed by atoms with E-state index in [0.29, 0.717) is 32.9 Å². The van der Waals surface area contributed by atoms with Crippen molar-refractivity contribution < 1.29 is 19.0 Å². The second kappa shape index (κ2) is 9.63. The Morgan fingerprint density at radius 1 is 0.939 bits per heavy atom. The quantitative estimate of drug-likeness (QED) is 0.295. The number of nitriles is 1. The first-order chi connectivity index (χ1) is 16.0. The molecule has 0 aliphatic heterocycles. The van der Waals surface area contributed by atoms with Crippen LogP contribution in [0.1, 0.15) is 11.1 Å². The summed E-state index contributed by atoms with van der Waals surface area (Å²) in [4.78, 5) is 4.45. The van der Waals surface area contributed by atoms with Crippen LogP contribution in [0.25, 0.3) is 22.5 Å². The standard InChI is InChI=1S/C26H19BrN2O4/c1-31-19-8-4-17(5-9-19)24-21(14-28)26(29-15-16-3-12-23(30)22(27)13-16)33-25(24)18-6-10-20(32-2)11-7-18/h3-13,15,30H,1-2H3. The Hall–Kier alpha value is -4.02. The molecule has 164 valence electrons. The van der Waals surface area contributed by atoms with Crippen LogP contribution in [0.5, 0.6) is 17.2 Å². The molecule has 4 rings (SSSR count). The number of rotatable bonds is 6. The van der Waals surface area contributed by atoms with Crippen LogP contribution in [0.3, 0.4) is 0 Å². The monoisotopic (exact) mass is 502 g/mol. The van der Waals surface area contributed by atoms with Crippen molar-refractivity contribution in [2.45, 2.75) is 0 Å². The number of hydrogen-bond donors (Lipinski definition) is 1. The van der Waals surface area contributed by atoms with Crippen molar-refractivity contribution in [2.75, 3.05) is 14.2 Å². The summed E-state index contributed by atoms with van der Waals surface area (Å²) in [5.74, 6) is 2.28. The van der Waals surface area contributed by atoms with Crippen LogP contribution >= 0.6 is 15.9 Å². The zero-order valence-electron chi connectivity index (χ0n) is 17.9. The normalized spacial score (nSPS) is 10.8. The van der Waals surface area contributed by atoms with Crippen molar-refractivity contribution in [3.8, 4) is 45.8 Å². The summed E-state index contributed by atoms with van der Waals surface area (Å²) in [5, 5.41) is 19.7. The molecule has 0 aliphatic carbocycles. The Bertz CT molecular complexity index is 1350. The van der Waals surface area contributed by atoms with E-state index in [1.165, 1.54) is 0 Å². The Morgan fingerprint density at radius 2 is 1.55 bits per heavy atom. The molecular weight excluding hydrogens is 484 g/mol. The first-order valence-electron chi connectivity index (χ1n) is 9.92. The third kappa shape index (κ3) is 4.61. The molecule has 4 aromatic rings. The van der Waals surface area contributed by atoms with Crippen LogP contribution in [0.15, 0.2) is 80.6 Å². The molecular formula is C26H19BrN2O4. The Balaban J connectivity index is 1.86. The summed E-state index contributed by atoms with van der Waals surface area (Å²) < 4.78 is 17.2. The lowest BCUT2D eigenvalue weighted by Gasteiger charge is -2.06. The number of aliphatic imine (C=N–C) groups is 1. The topological polar surface area (TPSA) is 88.0 Å². The number of benzene rings is 3. The molecule has 0 bridgehead atoms. The molecule has 0 unspecified atom stereocenters. The van der Waals surface area contributed by atoms with Crippen molar-refractivity contribution >= 4 is 28.0 Å². The minimum absolute atomic E-state index is 0.131. The van der Waals surface area contributed by atoms with Crippen molar-refractivity contribution in [3.63, 3.8) is 0 Å². The molecule has 0 fully saturated rings. The summed E-state index contributed by atoms with van der Waals surface area (Å²) in [6.45, 7) is 0. The summed E-state index contributed by atoms with van der Waals surface area (Å²) in [6.07, 6.45) is 1.58. The molecule has 0 saturated heterocycles. The number of aromatic hydroxyl groups is 1. The fourth-order valence-corrected chi connectivity index (χ4v) is 3.73. The number of phenolic OH excluding ortho intramolecular Hbond substituents is 1. The highest BCUT2D eigenvalue weighted by Crippen LogP contribution is 2.43. The highest BCUT2D eigenvalue weighted by atomic mass is 79.9. The van der Waals surface area contributed by atoms with E-state index < -0.39 is 0 Å². The fourth-order valence-electron chi connectivity index (χ4n) is 3.33. The molecule has 0 radical (unpaired) electrons. The maximum Gasteiger partial charge on any atom is 0.238 e. The average Bonchev–Trinajstić information content (AvgIpc) is 3.23. The molecule has 1 heterocycles. The van der Waals surface area contributed by atoms with Gasteiger partial charge >= 0.3 is 0 Å². The van der Waals surface area contributed by atoms with Gasteiger partial charge in [-0.3, -0.25) is 0 Å². The third-order valence-corrected chi connectivity index (χ3v) is 5.67. The van der Waals surface area contributed by atoms with E-state index in [2.05, 4.69) is 27.0 Å². The van der Waals surface area contributed by atoms with Gasteiger partial charge in [-0.25, -0.2) is 4.99 Å². The van der Waals surface area contributed by atoms with Crippen LogP contribution in [-0.4, -0.2) is 25.5 Å². The van der Waals surface area contributed by atoms with E-state index in [9.17, 15) is 10.4 Å². The minimum Gasteiger partial charge on any atom is -0.507 e. The lowest BCUT2D eigenvalue weighted by Crippen LogP contribution is -1.87. The van der Waals surface area contributed by atoms with E-state index in [1.807, 2.05) is 48.5 Å². The molecule has 0 saturated carbocycles. The number of furan rings is 1. The molecule has 0 spiro atoms.